The number of unbranched alkanes of at least 4 members (excludes halogenated alkanes) is 1. The van der Waals surface area contributed by atoms with Crippen LogP contribution in [0.15, 0.2) is 26.0 Å². The maximum atomic E-state index is 10.4. The molecule has 0 aliphatic heterocycles. The lowest BCUT2D eigenvalue weighted by molar-refractivity contribution is -0.145. The zero-order valence-electron chi connectivity index (χ0n) is 12.0. The van der Waals surface area contributed by atoms with Crippen molar-refractivity contribution in [3.05, 3.63) is 26.0 Å². The van der Waals surface area contributed by atoms with Gasteiger partial charge in [-0.25, -0.2) is 0 Å². The SMILES string of the molecule is C=C.C=COC(C)=O.CCCCC(C)OC(C)=O. The lowest BCUT2D eigenvalue weighted by atomic mass is 10.2. The van der Waals surface area contributed by atoms with E-state index in [4.69, 9.17) is 4.74 Å². The second kappa shape index (κ2) is 17.8. The van der Waals surface area contributed by atoms with Crippen molar-refractivity contribution in [1.82, 2.24) is 0 Å². The summed E-state index contributed by atoms with van der Waals surface area (Å²) in [6.45, 7) is 16.0. The van der Waals surface area contributed by atoms with E-state index in [1.807, 2.05) is 6.92 Å². The summed E-state index contributed by atoms with van der Waals surface area (Å²) in [5.74, 6) is -0.506. The van der Waals surface area contributed by atoms with Crippen LogP contribution in [0.1, 0.15) is 47.0 Å². The van der Waals surface area contributed by atoms with Crippen LogP contribution in [0, 0.1) is 0 Å². The van der Waals surface area contributed by atoms with Crippen LogP contribution in [0.3, 0.4) is 0 Å². The van der Waals surface area contributed by atoms with Gasteiger partial charge in [0.2, 0.25) is 0 Å². The zero-order chi connectivity index (χ0) is 15.0. The van der Waals surface area contributed by atoms with E-state index in [1.54, 1.807) is 0 Å². The molecule has 0 aromatic rings. The molecule has 4 nitrogen and oxygen atoms in total. The molecule has 0 aliphatic carbocycles. The fourth-order valence-electron chi connectivity index (χ4n) is 0.951. The van der Waals surface area contributed by atoms with Crippen molar-refractivity contribution in [3.8, 4) is 0 Å². The Labute approximate surface area is 111 Å². The molecule has 0 heterocycles. The average Bonchev–Trinajstić information content (AvgIpc) is 2.29. The minimum absolute atomic E-state index is 0.0949. The van der Waals surface area contributed by atoms with E-state index >= 15 is 0 Å². The lowest BCUT2D eigenvalue weighted by Crippen LogP contribution is -2.11. The molecule has 0 saturated carbocycles. The highest BCUT2D eigenvalue weighted by Crippen LogP contribution is 2.03. The number of rotatable bonds is 5. The van der Waals surface area contributed by atoms with Gasteiger partial charge >= 0.3 is 11.9 Å². The van der Waals surface area contributed by atoms with Gasteiger partial charge in [0, 0.05) is 13.8 Å². The van der Waals surface area contributed by atoms with Gasteiger partial charge in [0.25, 0.3) is 0 Å². The highest BCUT2D eigenvalue weighted by Gasteiger charge is 2.02. The summed E-state index contributed by atoms with van der Waals surface area (Å²) in [4.78, 5) is 20.1. The Morgan fingerprint density at radius 1 is 1.22 bits per heavy atom. The fourth-order valence-corrected chi connectivity index (χ4v) is 0.951. The third-order valence-electron chi connectivity index (χ3n) is 1.58. The largest absolute Gasteiger partial charge is 0.463 e. The van der Waals surface area contributed by atoms with E-state index in [0.717, 1.165) is 25.5 Å². The summed E-state index contributed by atoms with van der Waals surface area (Å²) in [6.07, 6.45) is 4.47. The second-order valence-electron chi connectivity index (χ2n) is 3.34. The highest BCUT2D eigenvalue weighted by molar-refractivity contribution is 5.66. The van der Waals surface area contributed by atoms with Crippen LogP contribution in [0.5, 0.6) is 0 Å². The molecular weight excluding hydrogens is 232 g/mol. The van der Waals surface area contributed by atoms with Gasteiger partial charge in [-0.05, 0) is 13.3 Å². The third-order valence-corrected chi connectivity index (χ3v) is 1.58. The molecule has 0 fully saturated rings. The molecule has 1 atom stereocenters. The Morgan fingerprint density at radius 2 is 1.72 bits per heavy atom. The van der Waals surface area contributed by atoms with Crippen molar-refractivity contribution in [2.45, 2.75) is 53.1 Å². The highest BCUT2D eigenvalue weighted by atomic mass is 16.5. The number of esters is 2. The van der Waals surface area contributed by atoms with Gasteiger partial charge < -0.3 is 9.47 Å². The van der Waals surface area contributed by atoms with Crippen molar-refractivity contribution in [3.63, 3.8) is 0 Å². The van der Waals surface area contributed by atoms with E-state index in [-0.39, 0.29) is 18.0 Å². The van der Waals surface area contributed by atoms with Crippen molar-refractivity contribution in [2.24, 2.45) is 0 Å². The van der Waals surface area contributed by atoms with E-state index in [9.17, 15) is 9.59 Å². The average molecular weight is 258 g/mol. The van der Waals surface area contributed by atoms with Crippen LogP contribution in [0.4, 0.5) is 0 Å². The number of ether oxygens (including phenoxy) is 2. The van der Waals surface area contributed by atoms with Crippen LogP contribution in [0.2, 0.25) is 0 Å². The Bertz CT molecular complexity index is 224. The topological polar surface area (TPSA) is 52.6 Å². The molecule has 0 amide bonds. The molecule has 0 saturated heterocycles. The first kappa shape index (κ1) is 21.7. The molecule has 18 heavy (non-hydrogen) atoms. The van der Waals surface area contributed by atoms with Gasteiger partial charge in [0.1, 0.15) is 0 Å². The maximum Gasteiger partial charge on any atom is 0.307 e. The van der Waals surface area contributed by atoms with Gasteiger partial charge in [-0.15, -0.1) is 13.2 Å². The standard InChI is InChI=1S/C8H16O2.C4H6O2.C2H4/c1-4-5-6-7(2)10-8(3)9;1-3-6-4(2)5;1-2/h7H,4-6H2,1-3H3;3H,1H2,2H3;1-2H2. The summed E-state index contributed by atoms with van der Waals surface area (Å²) >= 11 is 0. The molecule has 0 aromatic carbocycles. The second-order valence-corrected chi connectivity index (χ2v) is 3.34. The Hall–Kier alpha value is -1.58. The Balaban J connectivity index is -0.000000241. The molecule has 0 bridgehead atoms. The van der Waals surface area contributed by atoms with Crippen LogP contribution >= 0.6 is 0 Å². The molecule has 0 spiro atoms. The molecule has 0 radical (unpaired) electrons. The van der Waals surface area contributed by atoms with Crippen molar-refractivity contribution >= 4 is 11.9 Å². The minimum Gasteiger partial charge on any atom is -0.463 e. The van der Waals surface area contributed by atoms with Crippen LogP contribution in [-0.4, -0.2) is 18.0 Å². The summed E-state index contributed by atoms with van der Waals surface area (Å²) < 4.78 is 9.08. The first-order valence-electron chi connectivity index (χ1n) is 5.89. The van der Waals surface area contributed by atoms with E-state index < -0.39 is 0 Å². The molecular formula is C14H26O4. The predicted molar refractivity (Wildman–Crippen MR) is 74.0 cm³/mol. The molecule has 106 valence electrons. The molecule has 0 rings (SSSR count). The molecule has 0 aliphatic rings. The fraction of sp³-hybridized carbons (Fsp3) is 0.571. The van der Waals surface area contributed by atoms with Crippen LogP contribution in [-0.2, 0) is 19.1 Å². The van der Waals surface area contributed by atoms with Gasteiger partial charge in [0.15, 0.2) is 0 Å². The molecule has 1 unspecified atom stereocenters. The van der Waals surface area contributed by atoms with Crippen molar-refractivity contribution < 1.29 is 19.1 Å². The number of carbonyl (C=O) groups excluding carboxylic acids is 2. The van der Waals surface area contributed by atoms with Gasteiger partial charge in [0.05, 0.1) is 12.4 Å². The summed E-state index contributed by atoms with van der Waals surface area (Å²) in [5.41, 5.74) is 0. The normalized spacial score (nSPS) is 9.56. The van der Waals surface area contributed by atoms with Gasteiger partial charge in [-0.3, -0.25) is 9.59 Å². The summed E-state index contributed by atoms with van der Waals surface area (Å²) in [5, 5.41) is 0. The molecule has 0 N–H and O–H groups in total. The predicted octanol–water partition coefficient (Wildman–Crippen LogP) is 3.62. The lowest BCUT2D eigenvalue weighted by Gasteiger charge is -2.09. The van der Waals surface area contributed by atoms with E-state index in [0.29, 0.717) is 0 Å². The quantitative estimate of drug-likeness (QED) is 0.429. The zero-order valence-corrected chi connectivity index (χ0v) is 12.0. The monoisotopic (exact) mass is 258 g/mol. The number of hydrogen-bond donors (Lipinski definition) is 0. The third kappa shape index (κ3) is 29.3. The smallest absolute Gasteiger partial charge is 0.307 e. The number of hydrogen-bond acceptors (Lipinski definition) is 4. The van der Waals surface area contributed by atoms with Gasteiger partial charge in [-0.1, -0.05) is 26.3 Å². The Morgan fingerprint density at radius 3 is 1.94 bits per heavy atom. The van der Waals surface area contributed by atoms with E-state index in [2.05, 4.69) is 31.4 Å². The molecule has 4 heteroatoms. The van der Waals surface area contributed by atoms with E-state index in [1.165, 1.54) is 13.8 Å². The van der Waals surface area contributed by atoms with Crippen LogP contribution in [0.25, 0.3) is 0 Å². The summed E-state index contributed by atoms with van der Waals surface area (Å²) in [7, 11) is 0. The van der Waals surface area contributed by atoms with Crippen LogP contribution < -0.4 is 0 Å². The first-order chi connectivity index (χ1) is 8.43. The maximum absolute atomic E-state index is 10.4. The first-order valence-corrected chi connectivity index (χ1v) is 5.89. The Kier molecular flexibility index (Phi) is 21.4. The van der Waals surface area contributed by atoms with Gasteiger partial charge in [-0.2, -0.15) is 0 Å². The number of carbonyl (C=O) groups is 2. The van der Waals surface area contributed by atoms with Crippen molar-refractivity contribution in [1.29, 1.82) is 0 Å². The van der Waals surface area contributed by atoms with Crippen molar-refractivity contribution in [2.75, 3.05) is 0 Å². The summed E-state index contributed by atoms with van der Waals surface area (Å²) in [6, 6.07) is 0. The minimum atomic E-state index is -0.329. The molecule has 0 aromatic heterocycles.